The fourth-order valence-electron chi connectivity index (χ4n) is 5.14. The van der Waals surface area contributed by atoms with E-state index in [0.717, 1.165) is 38.2 Å². The van der Waals surface area contributed by atoms with Crippen LogP contribution in [-0.4, -0.2) is 35.3 Å². The van der Waals surface area contributed by atoms with Crippen LogP contribution < -0.4 is 10.2 Å². The van der Waals surface area contributed by atoms with E-state index in [2.05, 4.69) is 28.6 Å². The molecule has 27 heavy (non-hydrogen) atoms. The molecule has 1 atom stereocenters. The summed E-state index contributed by atoms with van der Waals surface area (Å²) in [6.07, 6.45) is 9.16. The number of piperidine rings is 1. The zero-order valence-corrected chi connectivity index (χ0v) is 16.4. The third-order valence-corrected chi connectivity index (χ3v) is 6.51. The van der Waals surface area contributed by atoms with Crippen molar-refractivity contribution in [2.24, 2.45) is 0 Å². The highest BCUT2D eigenvalue weighted by Crippen LogP contribution is 2.50. The molecule has 1 unspecified atom stereocenters. The molecule has 3 aliphatic rings. The Morgan fingerprint density at radius 2 is 1.96 bits per heavy atom. The van der Waals surface area contributed by atoms with Crippen LogP contribution in [0.2, 0.25) is 0 Å². The van der Waals surface area contributed by atoms with Gasteiger partial charge in [0.05, 0.1) is 6.04 Å². The van der Waals surface area contributed by atoms with Crippen LogP contribution in [0.15, 0.2) is 36.5 Å². The van der Waals surface area contributed by atoms with Gasteiger partial charge in [0.2, 0.25) is 0 Å². The molecule has 0 radical (unpaired) electrons. The van der Waals surface area contributed by atoms with Crippen molar-refractivity contribution in [1.29, 1.82) is 0 Å². The van der Waals surface area contributed by atoms with Crippen LogP contribution in [0.1, 0.15) is 60.6 Å². The van der Waals surface area contributed by atoms with Crippen LogP contribution in [0.3, 0.4) is 0 Å². The number of benzene rings is 1. The van der Waals surface area contributed by atoms with Gasteiger partial charge in [-0.1, -0.05) is 31.0 Å². The highest BCUT2D eigenvalue weighted by molar-refractivity contribution is 6.06. The van der Waals surface area contributed by atoms with Crippen LogP contribution >= 0.6 is 12.4 Å². The maximum Gasteiger partial charge on any atom is 0.278 e. The topological polar surface area (TPSA) is 50.2 Å². The number of carbonyl (C=O) groups is 1. The summed E-state index contributed by atoms with van der Waals surface area (Å²) in [5.74, 6) is 0.0451. The van der Waals surface area contributed by atoms with Crippen LogP contribution in [0.4, 0.5) is 5.69 Å². The normalized spacial score (nSPS) is 23.3. The second-order valence-corrected chi connectivity index (χ2v) is 8.08. The summed E-state index contributed by atoms with van der Waals surface area (Å²) in [5, 5.41) is 8.07. The molecular weight excluding hydrogens is 360 g/mol. The average molecular weight is 387 g/mol. The van der Waals surface area contributed by atoms with Crippen LogP contribution in [0.25, 0.3) is 0 Å². The summed E-state index contributed by atoms with van der Waals surface area (Å²) in [6.45, 7) is 2.82. The fraction of sp³-hybridized carbons (Fsp3) is 0.524. The van der Waals surface area contributed by atoms with Crippen molar-refractivity contribution in [1.82, 2.24) is 15.1 Å². The molecule has 1 spiro atoms. The number of amides is 1. The summed E-state index contributed by atoms with van der Waals surface area (Å²) in [6, 6.07) is 10.7. The SMILES string of the molecule is Cl.O=C(c1ccn(C2CCCNC2)n1)N1CC2(CCCC2)c2ccccc21. The van der Waals surface area contributed by atoms with E-state index in [-0.39, 0.29) is 23.7 Å². The van der Waals surface area contributed by atoms with E-state index >= 15 is 0 Å². The van der Waals surface area contributed by atoms with Gasteiger partial charge in [-0.2, -0.15) is 5.10 Å². The first-order chi connectivity index (χ1) is 12.8. The number of halogens is 1. The minimum Gasteiger partial charge on any atom is -0.315 e. The van der Waals surface area contributed by atoms with Crippen molar-refractivity contribution in [2.45, 2.75) is 50.0 Å². The molecule has 1 amide bonds. The van der Waals surface area contributed by atoms with Crippen molar-refractivity contribution < 1.29 is 4.79 Å². The number of fused-ring (bicyclic) bond motifs is 2. The molecule has 2 aromatic rings. The van der Waals surface area contributed by atoms with E-state index in [0.29, 0.717) is 11.7 Å². The molecule has 1 N–H and O–H groups in total. The predicted molar refractivity (Wildman–Crippen MR) is 109 cm³/mol. The average Bonchev–Trinajstić information content (AvgIpc) is 3.43. The van der Waals surface area contributed by atoms with Crippen molar-refractivity contribution in [3.05, 3.63) is 47.8 Å². The lowest BCUT2D eigenvalue weighted by Crippen LogP contribution is -2.36. The van der Waals surface area contributed by atoms with E-state index in [1.54, 1.807) is 0 Å². The standard InChI is InChI=1S/C21H26N4O.ClH/c26-20(18-9-13-25(23-18)16-6-5-12-22-14-16)24-15-21(10-3-4-11-21)17-7-1-2-8-19(17)24;/h1-2,7-9,13,16,22H,3-6,10-12,14-15H2;1H. The Kier molecular flexibility index (Phi) is 4.99. The molecule has 3 heterocycles. The minimum absolute atomic E-state index is 0. The van der Waals surface area contributed by atoms with Crippen molar-refractivity contribution >= 4 is 24.0 Å². The Hall–Kier alpha value is -1.85. The molecule has 1 aliphatic carbocycles. The van der Waals surface area contributed by atoms with Gasteiger partial charge in [0.1, 0.15) is 0 Å². The van der Waals surface area contributed by atoms with Gasteiger partial charge in [-0.05, 0) is 49.9 Å². The van der Waals surface area contributed by atoms with Gasteiger partial charge in [0, 0.05) is 30.4 Å². The highest BCUT2D eigenvalue weighted by atomic mass is 35.5. The van der Waals surface area contributed by atoms with Gasteiger partial charge in [-0.3, -0.25) is 9.48 Å². The Balaban J connectivity index is 0.00000180. The number of nitrogens with one attached hydrogen (secondary N) is 1. The van der Waals surface area contributed by atoms with E-state index in [1.807, 2.05) is 27.9 Å². The molecule has 2 fully saturated rings. The van der Waals surface area contributed by atoms with E-state index in [4.69, 9.17) is 0 Å². The minimum atomic E-state index is 0. The molecule has 6 heteroatoms. The summed E-state index contributed by atoms with van der Waals surface area (Å²) in [5.41, 5.74) is 3.19. The monoisotopic (exact) mass is 386 g/mol. The fourth-order valence-corrected chi connectivity index (χ4v) is 5.14. The van der Waals surface area contributed by atoms with E-state index < -0.39 is 0 Å². The first-order valence-corrected chi connectivity index (χ1v) is 9.94. The van der Waals surface area contributed by atoms with Gasteiger partial charge >= 0.3 is 0 Å². The quantitative estimate of drug-likeness (QED) is 0.856. The van der Waals surface area contributed by atoms with Gasteiger partial charge in [-0.25, -0.2) is 0 Å². The summed E-state index contributed by atoms with van der Waals surface area (Å²) in [7, 11) is 0. The molecule has 1 aromatic heterocycles. The Morgan fingerprint density at radius 1 is 1.15 bits per heavy atom. The largest absolute Gasteiger partial charge is 0.315 e. The second kappa shape index (κ2) is 7.28. The van der Waals surface area contributed by atoms with Gasteiger partial charge in [0.25, 0.3) is 5.91 Å². The maximum atomic E-state index is 13.3. The molecular formula is C21H27ClN4O. The number of aromatic nitrogens is 2. The smallest absolute Gasteiger partial charge is 0.278 e. The molecule has 1 aromatic carbocycles. The summed E-state index contributed by atoms with van der Waals surface area (Å²) < 4.78 is 1.98. The second-order valence-electron chi connectivity index (χ2n) is 8.08. The van der Waals surface area contributed by atoms with Gasteiger partial charge < -0.3 is 10.2 Å². The predicted octanol–water partition coefficient (Wildman–Crippen LogP) is 3.70. The molecule has 5 rings (SSSR count). The summed E-state index contributed by atoms with van der Waals surface area (Å²) in [4.78, 5) is 15.3. The van der Waals surface area contributed by atoms with Gasteiger partial charge in [0.15, 0.2) is 5.69 Å². The Bertz CT molecular complexity index is 821. The number of nitrogens with zero attached hydrogens (tertiary/aromatic N) is 3. The zero-order chi connectivity index (χ0) is 17.6. The van der Waals surface area contributed by atoms with Crippen molar-refractivity contribution in [2.75, 3.05) is 24.5 Å². The number of hydrogen-bond acceptors (Lipinski definition) is 3. The third-order valence-electron chi connectivity index (χ3n) is 6.51. The number of hydrogen-bond donors (Lipinski definition) is 1. The first-order valence-electron chi connectivity index (χ1n) is 9.94. The van der Waals surface area contributed by atoms with Crippen LogP contribution in [-0.2, 0) is 5.41 Å². The molecule has 144 valence electrons. The zero-order valence-electron chi connectivity index (χ0n) is 15.6. The number of anilines is 1. The van der Waals surface area contributed by atoms with Crippen LogP contribution in [0.5, 0.6) is 0 Å². The number of para-hydroxylation sites is 1. The summed E-state index contributed by atoms with van der Waals surface area (Å²) >= 11 is 0. The van der Waals surface area contributed by atoms with Gasteiger partial charge in [-0.15, -0.1) is 12.4 Å². The molecule has 0 bridgehead atoms. The molecule has 1 saturated heterocycles. The van der Waals surface area contributed by atoms with Crippen molar-refractivity contribution in [3.8, 4) is 0 Å². The number of rotatable bonds is 2. The lowest BCUT2D eigenvalue weighted by atomic mass is 9.81. The van der Waals surface area contributed by atoms with E-state index in [9.17, 15) is 4.79 Å². The number of carbonyl (C=O) groups excluding carboxylic acids is 1. The molecule has 1 saturated carbocycles. The highest BCUT2D eigenvalue weighted by Gasteiger charge is 2.46. The molecule has 5 nitrogen and oxygen atoms in total. The van der Waals surface area contributed by atoms with Crippen LogP contribution in [0, 0.1) is 0 Å². The first kappa shape index (κ1) is 18.5. The Morgan fingerprint density at radius 3 is 2.74 bits per heavy atom. The third kappa shape index (κ3) is 3.07. The molecule has 2 aliphatic heterocycles. The van der Waals surface area contributed by atoms with Crippen molar-refractivity contribution in [3.63, 3.8) is 0 Å². The maximum absolute atomic E-state index is 13.3. The lowest BCUT2D eigenvalue weighted by molar-refractivity contribution is 0.0979. The lowest BCUT2D eigenvalue weighted by Gasteiger charge is -2.24. The van der Waals surface area contributed by atoms with E-state index in [1.165, 1.54) is 31.2 Å². The Labute approximate surface area is 166 Å².